The summed E-state index contributed by atoms with van der Waals surface area (Å²) >= 11 is 0. The molecular formula is C19H26N+. The molecule has 0 N–H and O–H groups in total. The summed E-state index contributed by atoms with van der Waals surface area (Å²) in [7, 11) is 2.12. The van der Waals surface area contributed by atoms with Gasteiger partial charge in [0.2, 0.25) is 5.69 Å². The summed E-state index contributed by atoms with van der Waals surface area (Å²) < 4.78 is 2.21. The number of hydrogen-bond acceptors (Lipinski definition) is 0. The zero-order valence-corrected chi connectivity index (χ0v) is 13.6. The molecule has 1 heteroatoms. The van der Waals surface area contributed by atoms with E-state index in [0.29, 0.717) is 5.41 Å². The maximum absolute atomic E-state index is 2.33. The Hall–Kier alpha value is -1.63. The molecule has 1 aromatic heterocycles. The number of hydrogen-bond donors (Lipinski definition) is 0. The minimum atomic E-state index is 0.336. The van der Waals surface area contributed by atoms with E-state index in [1.165, 1.54) is 27.9 Å². The molecule has 0 bridgehead atoms. The summed E-state index contributed by atoms with van der Waals surface area (Å²) in [5.41, 5.74) is 7.00. The van der Waals surface area contributed by atoms with Gasteiger partial charge in [0.25, 0.3) is 0 Å². The largest absolute Gasteiger partial charge is 0.212 e. The molecule has 1 nitrogen and oxygen atoms in total. The number of benzene rings is 1. The van der Waals surface area contributed by atoms with Crippen LogP contribution >= 0.6 is 0 Å². The minimum Gasteiger partial charge on any atom is -0.201 e. The maximum atomic E-state index is 2.33. The lowest BCUT2D eigenvalue weighted by atomic mass is 9.87. The van der Waals surface area contributed by atoms with Crippen LogP contribution in [0.3, 0.4) is 0 Å². The topological polar surface area (TPSA) is 3.88 Å². The Morgan fingerprint density at radius 3 is 2.25 bits per heavy atom. The predicted molar refractivity (Wildman–Crippen MR) is 85.7 cm³/mol. The first kappa shape index (κ1) is 14.8. The molecule has 0 saturated carbocycles. The summed E-state index contributed by atoms with van der Waals surface area (Å²) in [5.74, 6) is 0. The van der Waals surface area contributed by atoms with Gasteiger partial charge in [-0.1, -0.05) is 32.9 Å². The molecule has 106 valence electrons. The molecule has 0 aliphatic carbocycles. The van der Waals surface area contributed by atoms with E-state index in [9.17, 15) is 0 Å². The lowest BCUT2D eigenvalue weighted by Gasteiger charge is -2.18. The van der Waals surface area contributed by atoms with Crippen molar-refractivity contribution < 1.29 is 4.57 Å². The van der Waals surface area contributed by atoms with Gasteiger partial charge in [-0.25, -0.2) is 4.57 Å². The van der Waals surface area contributed by atoms with Crippen molar-refractivity contribution in [1.82, 2.24) is 0 Å². The molecule has 0 aliphatic heterocycles. The quantitative estimate of drug-likeness (QED) is 0.711. The zero-order valence-electron chi connectivity index (χ0n) is 13.6. The summed E-state index contributed by atoms with van der Waals surface area (Å²) in [6.07, 6.45) is 3.30. The smallest absolute Gasteiger partial charge is 0.201 e. The highest BCUT2D eigenvalue weighted by molar-refractivity contribution is 5.61. The molecule has 0 aliphatic rings. The van der Waals surface area contributed by atoms with Crippen molar-refractivity contribution in [3.05, 3.63) is 53.2 Å². The second-order valence-electron chi connectivity index (χ2n) is 7.09. The van der Waals surface area contributed by atoms with Gasteiger partial charge >= 0.3 is 0 Å². The Labute approximate surface area is 123 Å². The van der Waals surface area contributed by atoms with Crippen molar-refractivity contribution in [1.29, 1.82) is 0 Å². The van der Waals surface area contributed by atoms with Crippen molar-refractivity contribution in [2.24, 2.45) is 12.5 Å². The van der Waals surface area contributed by atoms with Gasteiger partial charge in [-0.05, 0) is 48.9 Å². The normalized spacial score (nSPS) is 11.7. The van der Waals surface area contributed by atoms with E-state index in [-0.39, 0.29) is 0 Å². The molecule has 0 amide bonds. The molecule has 1 aromatic carbocycles. The molecule has 0 radical (unpaired) electrons. The fourth-order valence-corrected chi connectivity index (χ4v) is 2.76. The van der Waals surface area contributed by atoms with E-state index in [2.05, 4.69) is 82.8 Å². The zero-order chi connectivity index (χ0) is 14.9. The Bertz CT molecular complexity index is 618. The van der Waals surface area contributed by atoms with Crippen LogP contribution in [0.4, 0.5) is 0 Å². The summed E-state index contributed by atoms with van der Waals surface area (Å²) in [6, 6.07) is 11.3. The second-order valence-corrected chi connectivity index (χ2v) is 7.09. The van der Waals surface area contributed by atoms with Crippen molar-refractivity contribution in [2.75, 3.05) is 0 Å². The minimum absolute atomic E-state index is 0.336. The molecule has 2 rings (SSSR count). The van der Waals surface area contributed by atoms with Gasteiger partial charge in [0, 0.05) is 17.2 Å². The number of rotatable bonds is 2. The summed E-state index contributed by atoms with van der Waals surface area (Å²) in [4.78, 5) is 0. The highest BCUT2D eigenvalue weighted by Crippen LogP contribution is 2.25. The monoisotopic (exact) mass is 268 g/mol. The van der Waals surface area contributed by atoms with Gasteiger partial charge in [-0.2, -0.15) is 0 Å². The first-order valence-corrected chi connectivity index (χ1v) is 7.32. The van der Waals surface area contributed by atoms with E-state index in [1.807, 2.05) is 0 Å². The van der Waals surface area contributed by atoms with Gasteiger partial charge in [0.05, 0.1) is 0 Å². The average molecular weight is 268 g/mol. The van der Waals surface area contributed by atoms with Crippen LogP contribution < -0.4 is 4.57 Å². The van der Waals surface area contributed by atoms with Gasteiger partial charge in [0.1, 0.15) is 7.05 Å². The van der Waals surface area contributed by atoms with Gasteiger partial charge in [-0.15, -0.1) is 0 Å². The third-order valence-corrected chi connectivity index (χ3v) is 3.58. The molecule has 0 saturated heterocycles. The van der Waals surface area contributed by atoms with Crippen LogP contribution in [0.5, 0.6) is 0 Å². The van der Waals surface area contributed by atoms with Gasteiger partial charge < -0.3 is 0 Å². The lowest BCUT2D eigenvalue weighted by Crippen LogP contribution is -2.31. The summed E-state index contributed by atoms with van der Waals surface area (Å²) in [5, 5.41) is 0. The highest BCUT2D eigenvalue weighted by Gasteiger charge is 2.15. The van der Waals surface area contributed by atoms with Crippen LogP contribution in [-0.4, -0.2) is 0 Å². The predicted octanol–water partition coefficient (Wildman–Crippen LogP) is 4.38. The van der Waals surface area contributed by atoms with E-state index in [1.54, 1.807) is 0 Å². The van der Waals surface area contributed by atoms with E-state index < -0.39 is 0 Å². The van der Waals surface area contributed by atoms with Crippen LogP contribution in [-0.2, 0) is 13.5 Å². The van der Waals surface area contributed by atoms with Crippen molar-refractivity contribution in [3.63, 3.8) is 0 Å². The van der Waals surface area contributed by atoms with Crippen LogP contribution in [0.1, 0.15) is 37.5 Å². The number of aromatic nitrogens is 1. The number of nitrogens with zero attached hydrogens (tertiary/aromatic N) is 1. The summed E-state index contributed by atoms with van der Waals surface area (Å²) in [6.45, 7) is 11.2. The highest BCUT2D eigenvalue weighted by atomic mass is 14.9. The standard InChI is InChI=1S/C19H26N/c1-14-7-10-18(20(6)13-14)17-9-8-16(11-15(17)2)12-19(3,4)5/h7-11,13H,12H2,1-6H3/q+1. The Morgan fingerprint density at radius 1 is 1.00 bits per heavy atom. The molecule has 0 atom stereocenters. The first-order chi connectivity index (χ1) is 9.26. The van der Waals surface area contributed by atoms with E-state index in [4.69, 9.17) is 0 Å². The average Bonchev–Trinajstić information content (AvgIpc) is 2.28. The van der Waals surface area contributed by atoms with Gasteiger partial charge in [-0.3, -0.25) is 0 Å². The fourth-order valence-electron chi connectivity index (χ4n) is 2.76. The Kier molecular flexibility index (Phi) is 3.99. The van der Waals surface area contributed by atoms with Crippen LogP contribution in [0.2, 0.25) is 0 Å². The second kappa shape index (κ2) is 5.40. The molecule has 20 heavy (non-hydrogen) atoms. The third-order valence-electron chi connectivity index (χ3n) is 3.58. The molecule has 2 aromatic rings. The molecule has 1 heterocycles. The van der Waals surface area contributed by atoms with Crippen LogP contribution in [0, 0.1) is 19.3 Å². The SMILES string of the molecule is Cc1ccc(-c2ccc(CC(C)(C)C)cc2C)[n+](C)c1. The molecule has 0 fully saturated rings. The Balaban J connectivity index is 2.39. The van der Waals surface area contributed by atoms with Gasteiger partial charge in [0.15, 0.2) is 6.20 Å². The van der Waals surface area contributed by atoms with Crippen molar-refractivity contribution >= 4 is 0 Å². The number of pyridine rings is 1. The molecular weight excluding hydrogens is 242 g/mol. The maximum Gasteiger partial charge on any atom is 0.212 e. The van der Waals surface area contributed by atoms with E-state index >= 15 is 0 Å². The lowest BCUT2D eigenvalue weighted by molar-refractivity contribution is -0.660. The molecule has 0 spiro atoms. The van der Waals surface area contributed by atoms with Crippen LogP contribution in [0.25, 0.3) is 11.3 Å². The first-order valence-electron chi connectivity index (χ1n) is 7.32. The Morgan fingerprint density at radius 2 is 1.70 bits per heavy atom. The fraction of sp³-hybridized carbons (Fsp3) is 0.421. The third kappa shape index (κ3) is 3.47. The van der Waals surface area contributed by atoms with Crippen molar-refractivity contribution in [2.45, 2.75) is 41.0 Å². The number of aryl methyl sites for hydroxylation is 3. The van der Waals surface area contributed by atoms with Crippen LogP contribution in [0.15, 0.2) is 36.5 Å². The van der Waals surface area contributed by atoms with E-state index in [0.717, 1.165) is 6.42 Å². The van der Waals surface area contributed by atoms with Crippen molar-refractivity contribution in [3.8, 4) is 11.3 Å². The molecule has 0 unspecified atom stereocenters.